The van der Waals surface area contributed by atoms with Gasteiger partial charge in [-0.3, -0.25) is 14.5 Å². The zero-order chi connectivity index (χ0) is 12.4. The number of hydrogen-bond acceptors (Lipinski definition) is 4. The molecule has 2 N–H and O–H groups in total. The lowest BCUT2D eigenvalue weighted by Crippen LogP contribution is -2.67. The topological polar surface area (TPSA) is 72.6 Å². The molecule has 1 heterocycles. The predicted molar refractivity (Wildman–Crippen MR) is 62.1 cm³/mol. The van der Waals surface area contributed by atoms with E-state index in [1.165, 1.54) is 4.90 Å². The van der Waals surface area contributed by atoms with Gasteiger partial charge >= 0.3 is 0 Å². The second kappa shape index (κ2) is 5.14. The van der Waals surface area contributed by atoms with Gasteiger partial charge in [0.15, 0.2) is 0 Å². The van der Waals surface area contributed by atoms with Gasteiger partial charge in [-0.05, 0) is 26.2 Å². The minimum Gasteiger partial charge on any atom is -0.376 e. The summed E-state index contributed by atoms with van der Waals surface area (Å²) in [5, 5.41) is 0. The minimum atomic E-state index is -0.243. The van der Waals surface area contributed by atoms with E-state index in [4.69, 9.17) is 10.5 Å². The van der Waals surface area contributed by atoms with Crippen LogP contribution in [0.4, 0.5) is 0 Å². The van der Waals surface area contributed by atoms with Crippen LogP contribution in [0.1, 0.15) is 39.0 Å². The second-order valence-corrected chi connectivity index (χ2v) is 4.75. The fraction of sp³-hybridized carbons (Fsp3) is 0.833. The van der Waals surface area contributed by atoms with Gasteiger partial charge in [-0.25, -0.2) is 0 Å². The number of carbonyl (C=O) groups excluding carboxylic acids is 2. The zero-order valence-corrected chi connectivity index (χ0v) is 10.2. The van der Waals surface area contributed by atoms with Crippen molar-refractivity contribution in [3.63, 3.8) is 0 Å². The molecule has 0 radical (unpaired) electrons. The highest BCUT2D eigenvalue weighted by molar-refractivity contribution is 5.96. The monoisotopic (exact) mass is 240 g/mol. The van der Waals surface area contributed by atoms with Crippen molar-refractivity contribution in [3.8, 4) is 0 Å². The molecule has 1 saturated heterocycles. The average molecular weight is 240 g/mol. The van der Waals surface area contributed by atoms with E-state index in [1.54, 1.807) is 0 Å². The maximum atomic E-state index is 11.9. The lowest BCUT2D eigenvalue weighted by Gasteiger charge is -2.47. The SMILES string of the molecule is CCOC1CC(N)C1N1C(=O)CCCCC1=O. The summed E-state index contributed by atoms with van der Waals surface area (Å²) in [6.07, 6.45) is 3.16. The summed E-state index contributed by atoms with van der Waals surface area (Å²) in [5.74, 6) is -0.172. The molecule has 17 heavy (non-hydrogen) atoms. The second-order valence-electron chi connectivity index (χ2n) is 4.75. The number of ether oxygens (including phenoxy) is 1. The summed E-state index contributed by atoms with van der Waals surface area (Å²) in [5.41, 5.74) is 5.92. The highest BCUT2D eigenvalue weighted by atomic mass is 16.5. The molecule has 5 nitrogen and oxygen atoms in total. The molecule has 0 aromatic carbocycles. The molecule has 2 amide bonds. The van der Waals surface area contributed by atoms with Crippen LogP contribution in [0.5, 0.6) is 0 Å². The molecular weight excluding hydrogens is 220 g/mol. The Balaban J connectivity index is 2.11. The summed E-state index contributed by atoms with van der Waals surface area (Å²) < 4.78 is 5.53. The summed E-state index contributed by atoms with van der Waals surface area (Å²) in [6, 6.07) is -0.370. The molecule has 3 unspecified atom stereocenters. The Hall–Kier alpha value is -0.940. The van der Waals surface area contributed by atoms with Gasteiger partial charge in [0.05, 0.1) is 12.1 Å². The van der Waals surface area contributed by atoms with E-state index in [0.29, 0.717) is 19.4 Å². The molecule has 3 atom stereocenters. The molecule has 0 aromatic heterocycles. The van der Waals surface area contributed by atoms with Crippen molar-refractivity contribution in [1.29, 1.82) is 0 Å². The highest BCUT2D eigenvalue weighted by Crippen LogP contribution is 2.30. The minimum absolute atomic E-state index is 0.0685. The number of imide groups is 1. The Morgan fingerprint density at radius 3 is 2.35 bits per heavy atom. The number of nitrogens with zero attached hydrogens (tertiary/aromatic N) is 1. The Morgan fingerprint density at radius 1 is 1.29 bits per heavy atom. The molecule has 1 aliphatic heterocycles. The van der Waals surface area contributed by atoms with Crippen molar-refractivity contribution < 1.29 is 14.3 Å². The van der Waals surface area contributed by atoms with Crippen LogP contribution in [-0.2, 0) is 14.3 Å². The maximum Gasteiger partial charge on any atom is 0.229 e. The summed E-state index contributed by atoms with van der Waals surface area (Å²) in [4.78, 5) is 25.3. The first kappa shape index (κ1) is 12.5. The molecule has 1 aliphatic carbocycles. The lowest BCUT2D eigenvalue weighted by atomic mass is 9.82. The number of amides is 2. The van der Waals surface area contributed by atoms with Crippen LogP contribution in [0.2, 0.25) is 0 Å². The van der Waals surface area contributed by atoms with Gasteiger partial charge < -0.3 is 10.5 Å². The van der Waals surface area contributed by atoms with Crippen LogP contribution in [0.3, 0.4) is 0 Å². The lowest BCUT2D eigenvalue weighted by molar-refractivity contribution is -0.158. The molecule has 2 rings (SSSR count). The van der Waals surface area contributed by atoms with Crippen molar-refractivity contribution in [2.45, 2.75) is 57.2 Å². The van der Waals surface area contributed by atoms with Crippen molar-refractivity contribution in [2.75, 3.05) is 6.61 Å². The first-order chi connectivity index (χ1) is 8.15. The smallest absolute Gasteiger partial charge is 0.229 e. The maximum absolute atomic E-state index is 11.9. The van der Waals surface area contributed by atoms with Gasteiger partial charge in [0, 0.05) is 25.5 Å². The van der Waals surface area contributed by atoms with E-state index >= 15 is 0 Å². The number of likely N-dealkylation sites (tertiary alicyclic amines) is 1. The third kappa shape index (κ3) is 2.35. The van der Waals surface area contributed by atoms with Crippen molar-refractivity contribution in [2.24, 2.45) is 5.73 Å². The van der Waals surface area contributed by atoms with Crippen molar-refractivity contribution in [3.05, 3.63) is 0 Å². The molecule has 96 valence electrons. The number of hydrogen-bond donors (Lipinski definition) is 1. The highest BCUT2D eigenvalue weighted by Gasteiger charge is 2.47. The normalized spacial score (nSPS) is 34.5. The van der Waals surface area contributed by atoms with E-state index in [0.717, 1.165) is 19.3 Å². The summed E-state index contributed by atoms with van der Waals surface area (Å²) in [7, 11) is 0. The molecule has 0 spiro atoms. The van der Waals surface area contributed by atoms with Gasteiger partial charge in [-0.15, -0.1) is 0 Å². The number of carbonyl (C=O) groups is 2. The third-order valence-corrected chi connectivity index (χ3v) is 3.57. The van der Waals surface area contributed by atoms with Gasteiger partial charge in [0.1, 0.15) is 0 Å². The zero-order valence-electron chi connectivity index (χ0n) is 10.2. The molecule has 0 aromatic rings. The van der Waals surface area contributed by atoms with Gasteiger partial charge in [-0.1, -0.05) is 0 Å². The van der Waals surface area contributed by atoms with Gasteiger partial charge in [-0.2, -0.15) is 0 Å². The van der Waals surface area contributed by atoms with Crippen LogP contribution in [0.25, 0.3) is 0 Å². The van der Waals surface area contributed by atoms with E-state index in [2.05, 4.69) is 0 Å². The largest absolute Gasteiger partial charge is 0.376 e. The standard InChI is InChI=1S/C12H20N2O3/c1-2-17-9-7-8(13)12(9)14-10(15)5-3-4-6-11(14)16/h8-9,12H,2-7,13H2,1H3. The Bertz CT molecular complexity index is 299. The van der Waals surface area contributed by atoms with Gasteiger partial charge in [0.25, 0.3) is 0 Å². The third-order valence-electron chi connectivity index (χ3n) is 3.57. The first-order valence-electron chi connectivity index (χ1n) is 6.37. The quantitative estimate of drug-likeness (QED) is 0.726. The fourth-order valence-corrected chi connectivity index (χ4v) is 2.63. The Labute approximate surface area is 101 Å². The molecule has 0 bridgehead atoms. The molecule has 5 heteroatoms. The molecule has 1 saturated carbocycles. The van der Waals surface area contributed by atoms with Crippen molar-refractivity contribution >= 4 is 11.8 Å². The first-order valence-corrected chi connectivity index (χ1v) is 6.37. The molecular formula is C12H20N2O3. The van der Waals surface area contributed by atoms with Crippen LogP contribution >= 0.6 is 0 Å². The van der Waals surface area contributed by atoms with Crippen LogP contribution in [0, 0.1) is 0 Å². The molecule has 2 aliphatic rings. The average Bonchev–Trinajstić information content (AvgIpc) is 2.44. The predicted octanol–water partition coefficient (Wildman–Crippen LogP) is 0.420. The van der Waals surface area contributed by atoms with E-state index in [-0.39, 0.29) is 30.0 Å². The Kier molecular flexibility index (Phi) is 3.79. The van der Waals surface area contributed by atoms with E-state index in [9.17, 15) is 9.59 Å². The Morgan fingerprint density at radius 2 is 1.88 bits per heavy atom. The van der Waals surface area contributed by atoms with Crippen LogP contribution in [-0.4, -0.2) is 41.5 Å². The summed E-state index contributed by atoms with van der Waals surface area (Å²) >= 11 is 0. The molecule has 2 fully saturated rings. The van der Waals surface area contributed by atoms with E-state index in [1.807, 2.05) is 6.92 Å². The van der Waals surface area contributed by atoms with E-state index < -0.39 is 0 Å². The fourth-order valence-electron chi connectivity index (χ4n) is 2.63. The number of rotatable bonds is 3. The summed E-state index contributed by atoms with van der Waals surface area (Å²) in [6.45, 7) is 2.50. The van der Waals surface area contributed by atoms with Gasteiger partial charge in [0.2, 0.25) is 11.8 Å². The number of nitrogens with two attached hydrogens (primary N) is 1. The van der Waals surface area contributed by atoms with Crippen LogP contribution < -0.4 is 5.73 Å². The van der Waals surface area contributed by atoms with Crippen molar-refractivity contribution in [1.82, 2.24) is 4.90 Å². The van der Waals surface area contributed by atoms with Crippen LogP contribution in [0.15, 0.2) is 0 Å².